The summed E-state index contributed by atoms with van der Waals surface area (Å²) in [6.07, 6.45) is 0.599. The highest BCUT2D eigenvalue weighted by Crippen LogP contribution is 2.25. The van der Waals surface area contributed by atoms with E-state index in [1.54, 1.807) is 24.3 Å². The number of rotatable bonds is 5. The first-order valence-electron chi connectivity index (χ1n) is 9.35. The van der Waals surface area contributed by atoms with Crippen LogP contribution in [-0.4, -0.2) is 26.6 Å². The van der Waals surface area contributed by atoms with Crippen LogP contribution in [0.1, 0.15) is 16.8 Å². The third-order valence-corrected chi connectivity index (χ3v) is 6.57. The van der Waals surface area contributed by atoms with Gasteiger partial charge in [0.15, 0.2) is 0 Å². The summed E-state index contributed by atoms with van der Waals surface area (Å²) in [5.74, 6) is -0.139. The number of nitrogens with zero attached hydrogens (tertiary/aromatic N) is 1. The molecule has 0 atom stereocenters. The number of anilines is 4. The van der Waals surface area contributed by atoms with Crippen LogP contribution in [0.5, 0.6) is 0 Å². The van der Waals surface area contributed by atoms with Crippen LogP contribution in [0.3, 0.4) is 0 Å². The van der Waals surface area contributed by atoms with E-state index in [1.807, 2.05) is 54.6 Å². The molecule has 0 aliphatic carbocycles. The molecule has 0 aromatic heterocycles. The van der Waals surface area contributed by atoms with E-state index in [4.69, 9.17) is 0 Å². The number of hydrogen-bond donors (Lipinski definition) is 2. The summed E-state index contributed by atoms with van der Waals surface area (Å²) in [4.78, 5) is 12.6. The zero-order valence-electron chi connectivity index (χ0n) is 15.7. The standard InChI is InChI=1S/C22H21N3O3S/c26-22(17-6-4-9-21(16-17)25-14-5-15-29(25,27)28)24-20-12-10-19(11-13-20)23-18-7-2-1-3-8-18/h1-4,6-13,16,23H,5,14-15H2,(H,24,26). The van der Waals surface area contributed by atoms with Crippen LogP contribution in [0, 0.1) is 0 Å². The molecule has 1 saturated heterocycles. The van der Waals surface area contributed by atoms with Crippen LogP contribution in [0.15, 0.2) is 78.9 Å². The first kappa shape index (κ1) is 19.0. The molecule has 4 rings (SSSR count). The second-order valence-electron chi connectivity index (χ2n) is 6.81. The van der Waals surface area contributed by atoms with Gasteiger partial charge in [-0.25, -0.2) is 8.42 Å². The Morgan fingerprint density at radius 1 is 0.828 bits per heavy atom. The van der Waals surface area contributed by atoms with Crippen molar-refractivity contribution in [3.63, 3.8) is 0 Å². The number of sulfonamides is 1. The van der Waals surface area contributed by atoms with Crippen molar-refractivity contribution in [2.24, 2.45) is 0 Å². The summed E-state index contributed by atoms with van der Waals surface area (Å²) in [6, 6.07) is 23.9. The van der Waals surface area contributed by atoms with Gasteiger partial charge in [0, 0.05) is 29.2 Å². The van der Waals surface area contributed by atoms with Crippen LogP contribution in [0.4, 0.5) is 22.7 Å². The van der Waals surface area contributed by atoms with E-state index in [1.165, 1.54) is 4.31 Å². The molecule has 1 fully saturated rings. The van der Waals surface area contributed by atoms with E-state index in [-0.39, 0.29) is 11.7 Å². The second kappa shape index (κ2) is 7.97. The van der Waals surface area contributed by atoms with Gasteiger partial charge >= 0.3 is 0 Å². The molecule has 2 N–H and O–H groups in total. The number of carbonyl (C=O) groups is 1. The van der Waals surface area contributed by atoms with Gasteiger partial charge in [-0.05, 0) is 61.0 Å². The van der Waals surface area contributed by atoms with E-state index in [2.05, 4.69) is 10.6 Å². The Kier molecular flexibility index (Phi) is 5.22. The van der Waals surface area contributed by atoms with Gasteiger partial charge in [-0.3, -0.25) is 9.10 Å². The van der Waals surface area contributed by atoms with E-state index in [9.17, 15) is 13.2 Å². The smallest absolute Gasteiger partial charge is 0.255 e. The molecular formula is C22H21N3O3S. The summed E-state index contributed by atoms with van der Waals surface area (Å²) < 4.78 is 25.6. The molecule has 0 radical (unpaired) electrons. The van der Waals surface area contributed by atoms with E-state index < -0.39 is 10.0 Å². The van der Waals surface area contributed by atoms with Gasteiger partial charge < -0.3 is 10.6 Å². The van der Waals surface area contributed by atoms with E-state index in [0.717, 1.165) is 11.4 Å². The van der Waals surface area contributed by atoms with Gasteiger partial charge in [-0.1, -0.05) is 24.3 Å². The topological polar surface area (TPSA) is 78.5 Å². The molecule has 0 saturated carbocycles. The van der Waals surface area contributed by atoms with Gasteiger partial charge in [0.1, 0.15) is 0 Å². The van der Waals surface area contributed by atoms with Gasteiger partial charge in [0.25, 0.3) is 5.91 Å². The lowest BCUT2D eigenvalue weighted by Gasteiger charge is -2.17. The summed E-state index contributed by atoms with van der Waals surface area (Å²) in [7, 11) is -3.28. The highest BCUT2D eigenvalue weighted by atomic mass is 32.2. The molecule has 1 aliphatic heterocycles. The van der Waals surface area contributed by atoms with Crippen LogP contribution in [0.2, 0.25) is 0 Å². The Hall–Kier alpha value is -3.32. The fraction of sp³-hybridized carbons (Fsp3) is 0.136. The number of carbonyl (C=O) groups excluding carboxylic acids is 1. The summed E-state index contributed by atoms with van der Waals surface area (Å²) in [6.45, 7) is 0.448. The molecule has 6 nitrogen and oxygen atoms in total. The highest BCUT2D eigenvalue weighted by Gasteiger charge is 2.28. The fourth-order valence-electron chi connectivity index (χ4n) is 3.26. The number of nitrogens with one attached hydrogen (secondary N) is 2. The number of para-hydroxylation sites is 1. The first-order chi connectivity index (χ1) is 14.0. The van der Waals surface area contributed by atoms with Crippen LogP contribution in [-0.2, 0) is 10.0 Å². The van der Waals surface area contributed by atoms with Crippen molar-refractivity contribution in [1.29, 1.82) is 0 Å². The van der Waals surface area contributed by atoms with Gasteiger partial charge in [-0.15, -0.1) is 0 Å². The molecule has 29 heavy (non-hydrogen) atoms. The molecule has 3 aromatic carbocycles. The Morgan fingerprint density at radius 2 is 1.52 bits per heavy atom. The average molecular weight is 407 g/mol. The predicted molar refractivity (Wildman–Crippen MR) is 116 cm³/mol. The molecule has 0 unspecified atom stereocenters. The lowest BCUT2D eigenvalue weighted by molar-refractivity contribution is 0.102. The lowest BCUT2D eigenvalue weighted by atomic mass is 10.1. The van der Waals surface area contributed by atoms with Crippen molar-refractivity contribution in [2.45, 2.75) is 6.42 Å². The largest absolute Gasteiger partial charge is 0.356 e. The van der Waals surface area contributed by atoms with Gasteiger partial charge in [0.05, 0.1) is 11.4 Å². The predicted octanol–water partition coefficient (Wildman–Crippen LogP) is 4.22. The maximum absolute atomic E-state index is 12.6. The Labute approximate surface area is 170 Å². The summed E-state index contributed by atoms with van der Waals surface area (Å²) in [5, 5.41) is 6.14. The minimum atomic E-state index is -3.28. The molecule has 1 heterocycles. The van der Waals surface area contributed by atoms with Crippen LogP contribution < -0.4 is 14.9 Å². The Bertz CT molecular complexity index is 1110. The maximum Gasteiger partial charge on any atom is 0.255 e. The average Bonchev–Trinajstić information content (AvgIpc) is 3.09. The molecule has 0 bridgehead atoms. The highest BCUT2D eigenvalue weighted by molar-refractivity contribution is 7.93. The van der Waals surface area contributed by atoms with Crippen molar-refractivity contribution < 1.29 is 13.2 Å². The second-order valence-corrected chi connectivity index (χ2v) is 8.83. The zero-order valence-corrected chi connectivity index (χ0v) is 16.5. The normalized spacial score (nSPS) is 15.1. The molecule has 0 spiro atoms. The zero-order chi connectivity index (χ0) is 20.3. The molecule has 1 amide bonds. The van der Waals surface area contributed by atoms with Gasteiger partial charge in [0.2, 0.25) is 10.0 Å². The van der Waals surface area contributed by atoms with E-state index in [0.29, 0.717) is 29.9 Å². The third-order valence-electron chi connectivity index (χ3n) is 4.70. The van der Waals surface area contributed by atoms with Crippen molar-refractivity contribution in [1.82, 2.24) is 0 Å². The molecule has 7 heteroatoms. The SMILES string of the molecule is O=C(Nc1ccc(Nc2ccccc2)cc1)c1cccc(N2CCCS2(=O)=O)c1. The van der Waals surface area contributed by atoms with Crippen molar-refractivity contribution in [3.8, 4) is 0 Å². The van der Waals surface area contributed by atoms with Crippen LogP contribution >= 0.6 is 0 Å². The number of benzene rings is 3. The number of hydrogen-bond acceptors (Lipinski definition) is 4. The first-order valence-corrected chi connectivity index (χ1v) is 11.0. The van der Waals surface area contributed by atoms with E-state index >= 15 is 0 Å². The molecular weight excluding hydrogens is 386 g/mol. The molecule has 148 valence electrons. The van der Waals surface area contributed by atoms with Gasteiger partial charge in [-0.2, -0.15) is 0 Å². The number of amides is 1. The van der Waals surface area contributed by atoms with Crippen LogP contribution in [0.25, 0.3) is 0 Å². The summed E-state index contributed by atoms with van der Waals surface area (Å²) in [5.41, 5.74) is 3.50. The fourth-order valence-corrected chi connectivity index (χ4v) is 4.82. The van der Waals surface area contributed by atoms with Crippen molar-refractivity contribution in [3.05, 3.63) is 84.4 Å². The Balaban J connectivity index is 1.45. The minimum Gasteiger partial charge on any atom is -0.356 e. The minimum absolute atomic E-state index is 0.146. The quantitative estimate of drug-likeness (QED) is 0.664. The molecule has 1 aliphatic rings. The monoisotopic (exact) mass is 407 g/mol. The van der Waals surface area contributed by atoms with Crippen molar-refractivity contribution >= 4 is 38.7 Å². The van der Waals surface area contributed by atoms with Crippen molar-refractivity contribution in [2.75, 3.05) is 27.2 Å². The summed E-state index contributed by atoms with van der Waals surface area (Å²) >= 11 is 0. The molecule has 3 aromatic rings. The maximum atomic E-state index is 12.6. The third kappa shape index (κ3) is 4.41. The Morgan fingerprint density at radius 3 is 2.21 bits per heavy atom. The lowest BCUT2D eigenvalue weighted by Crippen LogP contribution is -2.25.